The Bertz CT molecular complexity index is 1270. The predicted octanol–water partition coefficient (Wildman–Crippen LogP) is 14.0. The van der Waals surface area contributed by atoms with Gasteiger partial charge in [0.25, 0.3) is 0 Å². The number of unbranched alkanes of at least 4 members (excludes halogenated alkanes) is 16. The molecule has 1 rings (SSSR count). The Morgan fingerprint density at radius 1 is 0.523 bits per heavy atom. The zero-order valence-electron chi connectivity index (χ0n) is 41.1. The van der Waals surface area contributed by atoms with Crippen LogP contribution in [0.5, 0.6) is 0 Å². The van der Waals surface area contributed by atoms with E-state index in [1.165, 1.54) is 77.0 Å². The number of amides is 1. The first kappa shape index (κ1) is 60.3. The van der Waals surface area contributed by atoms with Crippen molar-refractivity contribution >= 4 is 45.6 Å². The third-order valence-corrected chi connectivity index (χ3v) is 13.4. The lowest BCUT2D eigenvalue weighted by Crippen LogP contribution is -2.38. The van der Waals surface area contributed by atoms with Crippen LogP contribution < -0.4 is 5.32 Å². The molecule has 0 radical (unpaired) electrons. The van der Waals surface area contributed by atoms with Gasteiger partial charge in [-0.3, -0.25) is 14.4 Å². The number of carbonyl (C=O) groups excluding carboxylic acids is 4. The van der Waals surface area contributed by atoms with E-state index in [1.54, 1.807) is 21.6 Å². The third-order valence-electron chi connectivity index (χ3n) is 11.1. The smallest absolute Gasteiger partial charge is 0.407 e. The zero-order valence-corrected chi connectivity index (χ0v) is 42.7. The molecular formula is C53H92N2O8S2. The zero-order chi connectivity index (χ0) is 46.9. The first-order valence-corrected chi connectivity index (χ1v) is 28.4. The van der Waals surface area contributed by atoms with Gasteiger partial charge in [0.1, 0.15) is 19.8 Å². The van der Waals surface area contributed by atoms with E-state index >= 15 is 0 Å². The van der Waals surface area contributed by atoms with E-state index in [9.17, 15) is 19.2 Å². The van der Waals surface area contributed by atoms with Gasteiger partial charge in [-0.15, -0.1) is 0 Å². The summed E-state index contributed by atoms with van der Waals surface area (Å²) in [6, 6.07) is 0. The molecule has 1 N–H and O–H groups in total. The average Bonchev–Trinajstić information content (AvgIpc) is 3.59. The van der Waals surface area contributed by atoms with Gasteiger partial charge < -0.3 is 29.2 Å². The summed E-state index contributed by atoms with van der Waals surface area (Å²) in [5.41, 5.74) is 0. The number of esters is 3. The maximum absolute atomic E-state index is 12.8. The molecular weight excluding hydrogens is 857 g/mol. The molecule has 1 unspecified atom stereocenters. The van der Waals surface area contributed by atoms with Crippen LogP contribution in [0.1, 0.15) is 200 Å². The molecule has 65 heavy (non-hydrogen) atoms. The number of likely N-dealkylation sites (tertiary alicyclic amines) is 1. The average molecular weight is 949 g/mol. The van der Waals surface area contributed by atoms with Gasteiger partial charge in [0, 0.05) is 30.9 Å². The van der Waals surface area contributed by atoms with Crippen LogP contribution in [-0.2, 0) is 33.3 Å². The highest BCUT2D eigenvalue weighted by molar-refractivity contribution is 8.76. The van der Waals surface area contributed by atoms with Crippen molar-refractivity contribution in [1.29, 1.82) is 0 Å². The molecule has 0 aromatic carbocycles. The Labute approximate surface area is 404 Å². The summed E-state index contributed by atoms with van der Waals surface area (Å²) < 4.78 is 21.9. The number of nitrogens with zero attached hydrogens (tertiary/aromatic N) is 1. The fourth-order valence-electron chi connectivity index (χ4n) is 7.20. The van der Waals surface area contributed by atoms with Crippen molar-refractivity contribution in [3.8, 4) is 0 Å². The Hall–Kier alpha value is -2.70. The Morgan fingerprint density at radius 3 is 1.52 bits per heavy atom. The van der Waals surface area contributed by atoms with Crippen molar-refractivity contribution in [2.24, 2.45) is 0 Å². The minimum Gasteiger partial charge on any atom is -0.465 e. The van der Waals surface area contributed by atoms with Gasteiger partial charge in [0.05, 0.1) is 13.0 Å². The van der Waals surface area contributed by atoms with Crippen molar-refractivity contribution in [1.82, 2.24) is 10.2 Å². The quantitative estimate of drug-likeness (QED) is 0.0207. The van der Waals surface area contributed by atoms with Gasteiger partial charge in [0.2, 0.25) is 0 Å². The molecule has 1 atom stereocenters. The molecule has 374 valence electrons. The topological polar surface area (TPSA) is 120 Å². The number of hydrogen-bond acceptors (Lipinski definition) is 11. The van der Waals surface area contributed by atoms with E-state index < -0.39 is 12.2 Å². The number of alkyl carbamates (subject to hydrolysis) is 1. The minimum absolute atomic E-state index is 0.0191. The lowest BCUT2D eigenvalue weighted by atomic mass is 10.1. The molecule has 12 heteroatoms. The number of ether oxygens (including phenoxy) is 4. The van der Waals surface area contributed by atoms with Crippen LogP contribution in [0.3, 0.4) is 0 Å². The van der Waals surface area contributed by atoms with Crippen LogP contribution in [0.15, 0.2) is 48.6 Å². The second-order valence-corrected chi connectivity index (χ2v) is 19.8. The summed E-state index contributed by atoms with van der Waals surface area (Å²) in [6.07, 6.45) is 46.9. The van der Waals surface area contributed by atoms with Crippen molar-refractivity contribution < 1.29 is 38.1 Å². The van der Waals surface area contributed by atoms with Crippen LogP contribution in [0.4, 0.5) is 4.79 Å². The van der Waals surface area contributed by atoms with E-state index in [0.717, 1.165) is 110 Å². The summed E-state index contributed by atoms with van der Waals surface area (Å²) in [6.45, 7) is 7.77. The Kier molecular flexibility index (Phi) is 44.3. The van der Waals surface area contributed by atoms with Gasteiger partial charge >= 0.3 is 24.0 Å². The fourth-order valence-corrected chi connectivity index (χ4v) is 8.86. The molecule has 0 aromatic rings. The van der Waals surface area contributed by atoms with Crippen molar-refractivity contribution in [3.63, 3.8) is 0 Å². The molecule has 1 saturated heterocycles. The SMILES string of the molecule is CCCCC/C=C\C/C=C\CCCCCCCC(=O)OCC(CNC(=O)OCCSSCCOC(=O)CCN1CCCCCC1)OC(=O)CCCCCCC/C=C\C/C=C\CCCCC. The number of hydrogen-bond donors (Lipinski definition) is 1. The maximum atomic E-state index is 12.8. The standard InChI is InChI=1S/C53H92N2O8S2/c1-3-5-7-9-11-13-15-17-19-21-23-25-27-29-33-37-50(56)62-48-49(63-52(58)38-34-30-28-26-24-22-20-18-16-14-12-10-8-6-4-2)47-54-53(59)61-44-46-65-64-45-43-60-51(57)39-42-55-40-35-31-32-36-41-55/h11-14,17-20,49H,3-10,15-16,21-48H2,1-2H3,(H,54,59)/b13-11-,14-12-,19-17-,20-18-. The van der Waals surface area contributed by atoms with Gasteiger partial charge in [0.15, 0.2) is 6.10 Å². The van der Waals surface area contributed by atoms with E-state index in [2.05, 4.69) is 72.7 Å². The van der Waals surface area contributed by atoms with Crippen LogP contribution in [0.25, 0.3) is 0 Å². The molecule has 1 heterocycles. The number of rotatable bonds is 43. The van der Waals surface area contributed by atoms with Gasteiger partial charge in [-0.05, 0) is 103 Å². The number of carbonyl (C=O) groups is 4. The summed E-state index contributed by atoms with van der Waals surface area (Å²) in [5, 5.41) is 2.67. The van der Waals surface area contributed by atoms with Gasteiger partial charge in [-0.2, -0.15) is 0 Å². The van der Waals surface area contributed by atoms with Crippen LogP contribution in [0.2, 0.25) is 0 Å². The van der Waals surface area contributed by atoms with E-state index in [1.807, 2.05) is 0 Å². The molecule has 1 aliphatic rings. The second-order valence-electron chi connectivity index (χ2n) is 17.1. The summed E-state index contributed by atoms with van der Waals surface area (Å²) >= 11 is 0. The molecule has 10 nitrogen and oxygen atoms in total. The van der Waals surface area contributed by atoms with Crippen LogP contribution in [0, 0.1) is 0 Å². The van der Waals surface area contributed by atoms with Crippen molar-refractivity contribution in [2.75, 3.05) is 57.5 Å². The monoisotopic (exact) mass is 949 g/mol. The number of nitrogens with one attached hydrogen (secondary N) is 1. The van der Waals surface area contributed by atoms with Crippen LogP contribution >= 0.6 is 21.6 Å². The van der Waals surface area contributed by atoms with E-state index in [4.69, 9.17) is 18.9 Å². The van der Waals surface area contributed by atoms with Crippen molar-refractivity contribution in [3.05, 3.63) is 48.6 Å². The normalized spacial score (nSPS) is 14.1. The molecule has 1 amide bonds. The summed E-state index contributed by atoms with van der Waals surface area (Å²) in [5.74, 6) is 0.376. The van der Waals surface area contributed by atoms with Crippen molar-refractivity contribution in [2.45, 2.75) is 206 Å². The molecule has 1 fully saturated rings. The predicted molar refractivity (Wildman–Crippen MR) is 274 cm³/mol. The minimum atomic E-state index is -0.807. The largest absolute Gasteiger partial charge is 0.465 e. The highest BCUT2D eigenvalue weighted by Crippen LogP contribution is 2.20. The lowest BCUT2D eigenvalue weighted by molar-refractivity contribution is -0.158. The van der Waals surface area contributed by atoms with Gasteiger partial charge in [-0.1, -0.05) is 161 Å². The van der Waals surface area contributed by atoms with E-state index in [-0.39, 0.29) is 44.1 Å². The maximum Gasteiger partial charge on any atom is 0.407 e. The second kappa shape index (κ2) is 47.8. The number of allylic oxidation sites excluding steroid dienone is 8. The molecule has 0 aromatic heterocycles. The lowest BCUT2D eigenvalue weighted by Gasteiger charge is -2.19. The Balaban J connectivity index is 2.32. The highest BCUT2D eigenvalue weighted by Gasteiger charge is 2.19. The molecule has 0 spiro atoms. The van der Waals surface area contributed by atoms with E-state index in [0.29, 0.717) is 31.0 Å². The summed E-state index contributed by atoms with van der Waals surface area (Å²) in [4.78, 5) is 52.4. The first-order chi connectivity index (χ1) is 31.9. The third kappa shape index (κ3) is 43.6. The molecule has 0 aliphatic carbocycles. The molecule has 0 saturated carbocycles. The fraction of sp³-hybridized carbons (Fsp3) is 0.774. The first-order valence-electron chi connectivity index (χ1n) is 25.9. The summed E-state index contributed by atoms with van der Waals surface area (Å²) in [7, 11) is 3.11. The highest BCUT2D eigenvalue weighted by atomic mass is 33.1. The molecule has 1 aliphatic heterocycles. The van der Waals surface area contributed by atoms with Crippen LogP contribution in [-0.4, -0.2) is 92.5 Å². The molecule has 0 bridgehead atoms. The van der Waals surface area contributed by atoms with Gasteiger partial charge in [-0.25, -0.2) is 4.79 Å². The Morgan fingerprint density at radius 2 is 0.985 bits per heavy atom.